The van der Waals surface area contributed by atoms with Crippen molar-refractivity contribution < 1.29 is 9.53 Å². The molecule has 1 aliphatic carbocycles. The summed E-state index contributed by atoms with van der Waals surface area (Å²) in [4.78, 5) is 25.4. The van der Waals surface area contributed by atoms with E-state index in [1.807, 2.05) is 12.4 Å². The van der Waals surface area contributed by atoms with Crippen molar-refractivity contribution in [3.63, 3.8) is 0 Å². The van der Waals surface area contributed by atoms with Crippen LogP contribution in [0.5, 0.6) is 0 Å². The van der Waals surface area contributed by atoms with E-state index in [1.54, 1.807) is 7.11 Å². The first-order valence-electron chi connectivity index (χ1n) is 8.57. The molecule has 2 heterocycles. The van der Waals surface area contributed by atoms with Gasteiger partial charge in [0.2, 0.25) is 5.91 Å². The summed E-state index contributed by atoms with van der Waals surface area (Å²) < 4.78 is 5.03. The van der Waals surface area contributed by atoms with Crippen molar-refractivity contribution in [3.05, 3.63) is 23.8 Å². The molecule has 126 valence electrons. The fourth-order valence-corrected chi connectivity index (χ4v) is 3.52. The number of carbonyl (C=O) groups is 1. The highest BCUT2D eigenvalue weighted by Crippen LogP contribution is 2.25. The Morgan fingerprint density at radius 1 is 1.22 bits per heavy atom. The zero-order chi connectivity index (χ0) is 16.1. The SMILES string of the molecule is COCCc1ncc(CN2CCN(C3CCCC3)C(=O)C2)cn1. The standard InChI is InChI=1S/C17H26N4O2/c1-23-9-6-16-18-10-14(11-19-16)12-20-7-8-21(17(22)13-20)15-4-2-3-5-15/h10-11,15H,2-9,12-13H2,1H3. The summed E-state index contributed by atoms with van der Waals surface area (Å²) in [6.45, 7) is 3.69. The molecule has 0 unspecified atom stereocenters. The highest BCUT2D eigenvalue weighted by atomic mass is 16.5. The maximum Gasteiger partial charge on any atom is 0.237 e. The zero-order valence-corrected chi connectivity index (χ0v) is 13.9. The maximum absolute atomic E-state index is 12.4. The minimum absolute atomic E-state index is 0.279. The number of rotatable bonds is 6. The van der Waals surface area contributed by atoms with Gasteiger partial charge in [0, 0.05) is 57.2 Å². The third-order valence-corrected chi connectivity index (χ3v) is 4.80. The van der Waals surface area contributed by atoms with Gasteiger partial charge in [-0.2, -0.15) is 0 Å². The molecule has 1 saturated heterocycles. The lowest BCUT2D eigenvalue weighted by atomic mass is 10.1. The molecule has 1 aromatic rings. The molecule has 1 aliphatic heterocycles. The van der Waals surface area contributed by atoms with E-state index in [0.717, 1.165) is 37.4 Å². The highest BCUT2D eigenvalue weighted by molar-refractivity contribution is 5.79. The smallest absolute Gasteiger partial charge is 0.237 e. The van der Waals surface area contributed by atoms with Crippen LogP contribution in [0, 0.1) is 0 Å². The molecule has 0 radical (unpaired) electrons. The largest absolute Gasteiger partial charge is 0.384 e. The Labute approximate surface area is 137 Å². The molecule has 0 atom stereocenters. The second-order valence-electron chi connectivity index (χ2n) is 6.49. The van der Waals surface area contributed by atoms with Crippen LogP contribution in [-0.2, 0) is 22.5 Å². The molecule has 23 heavy (non-hydrogen) atoms. The summed E-state index contributed by atoms with van der Waals surface area (Å²) in [5.41, 5.74) is 1.06. The van der Waals surface area contributed by atoms with Gasteiger partial charge in [0.05, 0.1) is 13.2 Å². The lowest BCUT2D eigenvalue weighted by molar-refractivity contribution is -0.138. The van der Waals surface area contributed by atoms with E-state index < -0.39 is 0 Å². The molecule has 0 N–H and O–H groups in total. The summed E-state index contributed by atoms with van der Waals surface area (Å²) >= 11 is 0. The van der Waals surface area contributed by atoms with Crippen LogP contribution in [0.2, 0.25) is 0 Å². The average Bonchev–Trinajstić information content (AvgIpc) is 3.08. The second kappa shape index (κ2) is 7.84. The topological polar surface area (TPSA) is 58.6 Å². The van der Waals surface area contributed by atoms with Crippen LogP contribution < -0.4 is 0 Å². The minimum Gasteiger partial charge on any atom is -0.384 e. The number of ether oxygens (including phenoxy) is 1. The summed E-state index contributed by atoms with van der Waals surface area (Å²) in [5, 5.41) is 0. The molecule has 0 spiro atoms. The van der Waals surface area contributed by atoms with Crippen molar-refractivity contribution in [3.8, 4) is 0 Å². The third kappa shape index (κ3) is 4.26. The first kappa shape index (κ1) is 16.3. The lowest BCUT2D eigenvalue weighted by Crippen LogP contribution is -2.53. The predicted octanol–water partition coefficient (Wildman–Crippen LogP) is 1.25. The summed E-state index contributed by atoms with van der Waals surface area (Å²) in [7, 11) is 1.68. The van der Waals surface area contributed by atoms with Crippen LogP contribution >= 0.6 is 0 Å². The van der Waals surface area contributed by atoms with E-state index in [-0.39, 0.29) is 5.91 Å². The summed E-state index contributed by atoms with van der Waals surface area (Å²) in [6.07, 6.45) is 9.37. The molecule has 6 nitrogen and oxygen atoms in total. The van der Waals surface area contributed by atoms with E-state index in [0.29, 0.717) is 19.2 Å². The van der Waals surface area contributed by atoms with Crippen LogP contribution in [0.25, 0.3) is 0 Å². The Morgan fingerprint density at radius 2 is 1.96 bits per heavy atom. The quantitative estimate of drug-likeness (QED) is 0.790. The van der Waals surface area contributed by atoms with Crippen LogP contribution in [0.15, 0.2) is 12.4 Å². The van der Waals surface area contributed by atoms with Gasteiger partial charge in [-0.1, -0.05) is 12.8 Å². The Kier molecular flexibility index (Phi) is 5.56. The molecule has 0 aromatic carbocycles. The molecular formula is C17H26N4O2. The van der Waals surface area contributed by atoms with E-state index >= 15 is 0 Å². The molecule has 2 aliphatic rings. The number of piperazine rings is 1. The number of hydrogen-bond acceptors (Lipinski definition) is 5. The van der Waals surface area contributed by atoms with Gasteiger partial charge in [0.15, 0.2) is 0 Å². The number of methoxy groups -OCH3 is 1. The van der Waals surface area contributed by atoms with Crippen molar-refractivity contribution in [2.75, 3.05) is 33.4 Å². The Hall–Kier alpha value is -1.53. The molecule has 6 heteroatoms. The van der Waals surface area contributed by atoms with Gasteiger partial charge in [0.25, 0.3) is 0 Å². The van der Waals surface area contributed by atoms with Crippen molar-refractivity contribution in [1.82, 2.24) is 19.8 Å². The van der Waals surface area contributed by atoms with E-state index in [2.05, 4.69) is 19.8 Å². The lowest BCUT2D eigenvalue weighted by Gasteiger charge is -2.37. The third-order valence-electron chi connectivity index (χ3n) is 4.80. The van der Waals surface area contributed by atoms with Crippen molar-refractivity contribution in [1.29, 1.82) is 0 Å². The van der Waals surface area contributed by atoms with Gasteiger partial charge < -0.3 is 9.64 Å². The highest BCUT2D eigenvalue weighted by Gasteiger charge is 2.31. The Balaban J connectivity index is 1.50. The Bertz CT molecular complexity index is 514. The molecule has 0 bridgehead atoms. The number of aromatic nitrogens is 2. The summed E-state index contributed by atoms with van der Waals surface area (Å²) in [5.74, 6) is 1.08. The van der Waals surface area contributed by atoms with Crippen LogP contribution in [0.1, 0.15) is 37.1 Å². The predicted molar refractivity (Wildman–Crippen MR) is 86.9 cm³/mol. The Morgan fingerprint density at radius 3 is 2.61 bits per heavy atom. The fourth-order valence-electron chi connectivity index (χ4n) is 3.52. The first-order chi connectivity index (χ1) is 11.3. The molecule has 1 amide bonds. The number of nitrogens with zero attached hydrogens (tertiary/aromatic N) is 4. The number of carbonyl (C=O) groups excluding carboxylic acids is 1. The van der Waals surface area contributed by atoms with Crippen molar-refractivity contribution in [2.24, 2.45) is 0 Å². The summed E-state index contributed by atoms with van der Waals surface area (Å²) in [6, 6.07) is 0.494. The average molecular weight is 318 g/mol. The molecule has 2 fully saturated rings. The molecular weight excluding hydrogens is 292 g/mol. The number of hydrogen-bond donors (Lipinski definition) is 0. The van der Waals surface area contributed by atoms with Crippen LogP contribution in [-0.4, -0.2) is 65.1 Å². The first-order valence-corrected chi connectivity index (χ1v) is 8.57. The second-order valence-corrected chi connectivity index (χ2v) is 6.49. The monoisotopic (exact) mass is 318 g/mol. The van der Waals surface area contributed by atoms with Crippen molar-refractivity contribution >= 4 is 5.91 Å². The maximum atomic E-state index is 12.4. The van der Waals surface area contributed by atoms with Gasteiger partial charge >= 0.3 is 0 Å². The van der Waals surface area contributed by atoms with Gasteiger partial charge in [0.1, 0.15) is 5.82 Å². The molecule has 1 saturated carbocycles. The van der Waals surface area contributed by atoms with Gasteiger partial charge in [-0.05, 0) is 12.8 Å². The van der Waals surface area contributed by atoms with E-state index in [9.17, 15) is 4.79 Å². The normalized spacial score (nSPS) is 20.4. The van der Waals surface area contributed by atoms with Gasteiger partial charge in [-0.3, -0.25) is 9.69 Å². The number of amides is 1. The minimum atomic E-state index is 0.279. The van der Waals surface area contributed by atoms with E-state index in [1.165, 1.54) is 25.7 Å². The van der Waals surface area contributed by atoms with Crippen molar-refractivity contribution in [2.45, 2.75) is 44.7 Å². The zero-order valence-electron chi connectivity index (χ0n) is 13.9. The van der Waals surface area contributed by atoms with Gasteiger partial charge in [-0.25, -0.2) is 9.97 Å². The van der Waals surface area contributed by atoms with Crippen LogP contribution in [0.4, 0.5) is 0 Å². The van der Waals surface area contributed by atoms with Gasteiger partial charge in [-0.15, -0.1) is 0 Å². The fraction of sp³-hybridized carbons (Fsp3) is 0.706. The molecule has 1 aromatic heterocycles. The van der Waals surface area contributed by atoms with Crippen LogP contribution in [0.3, 0.4) is 0 Å². The molecule has 3 rings (SSSR count). The van der Waals surface area contributed by atoms with E-state index in [4.69, 9.17) is 4.74 Å².